The summed E-state index contributed by atoms with van der Waals surface area (Å²) in [5.41, 5.74) is 2.26. The van der Waals surface area contributed by atoms with Crippen LogP contribution < -0.4 is 4.90 Å². The zero-order valence-electron chi connectivity index (χ0n) is 12.6. The van der Waals surface area contributed by atoms with Gasteiger partial charge in [-0.2, -0.15) is 0 Å². The molecule has 0 N–H and O–H groups in total. The lowest BCUT2D eigenvalue weighted by molar-refractivity contribution is -0.123. The molecule has 1 aliphatic carbocycles. The van der Waals surface area contributed by atoms with Crippen molar-refractivity contribution in [3.8, 4) is 0 Å². The summed E-state index contributed by atoms with van der Waals surface area (Å²) in [4.78, 5) is 17.2. The van der Waals surface area contributed by atoms with E-state index in [-0.39, 0.29) is 5.41 Å². The van der Waals surface area contributed by atoms with Crippen molar-refractivity contribution in [1.29, 1.82) is 0 Å². The van der Waals surface area contributed by atoms with Crippen molar-refractivity contribution in [3.63, 3.8) is 0 Å². The third kappa shape index (κ3) is 2.05. The molecule has 1 aromatic carbocycles. The summed E-state index contributed by atoms with van der Waals surface area (Å²) < 4.78 is 0. The van der Waals surface area contributed by atoms with Gasteiger partial charge in [-0.25, -0.2) is 0 Å². The molecule has 1 aromatic rings. The highest BCUT2D eigenvalue weighted by Crippen LogP contribution is 2.51. The lowest BCUT2D eigenvalue weighted by atomic mass is 9.80. The molecule has 108 valence electrons. The second-order valence-electron chi connectivity index (χ2n) is 6.42. The van der Waals surface area contributed by atoms with E-state index < -0.39 is 0 Å². The first kappa shape index (κ1) is 13.6. The summed E-state index contributed by atoms with van der Waals surface area (Å²) in [5, 5.41) is 0. The van der Waals surface area contributed by atoms with Crippen molar-refractivity contribution in [2.45, 2.75) is 37.5 Å². The molecule has 0 unspecified atom stereocenters. The monoisotopic (exact) mass is 272 g/mol. The van der Waals surface area contributed by atoms with E-state index in [2.05, 4.69) is 43.3 Å². The van der Waals surface area contributed by atoms with Crippen LogP contribution in [0.4, 0.5) is 5.69 Å². The van der Waals surface area contributed by atoms with Crippen LogP contribution in [0.5, 0.6) is 0 Å². The number of fused-ring (bicyclic) bond motifs is 2. The molecule has 0 atom stereocenters. The highest BCUT2D eigenvalue weighted by atomic mass is 16.2. The van der Waals surface area contributed by atoms with Crippen LogP contribution in [0.1, 0.15) is 37.7 Å². The summed E-state index contributed by atoms with van der Waals surface area (Å²) in [6, 6.07) is 8.43. The van der Waals surface area contributed by atoms with E-state index in [1.54, 1.807) is 0 Å². The maximum Gasteiger partial charge on any atom is 0.237 e. The quantitative estimate of drug-likeness (QED) is 0.841. The molecule has 1 amide bonds. The van der Waals surface area contributed by atoms with Crippen LogP contribution in [0.2, 0.25) is 0 Å². The molecular formula is C17H24N2O. The van der Waals surface area contributed by atoms with Gasteiger partial charge in [-0.1, -0.05) is 31.0 Å². The molecule has 0 radical (unpaired) electrons. The molecule has 1 heterocycles. The number of carbonyl (C=O) groups excluding carboxylic acids is 1. The number of nitrogens with zero attached hydrogens (tertiary/aromatic N) is 2. The van der Waals surface area contributed by atoms with Gasteiger partial charge in [-0.3, -0.25) is 4.79 Å². The Kier molecular flexibility index (Phi) is 3.55. The Morgan fingerprint density at radius 3 is 2.60 bits per heavy atom. The van der Waals surface area contributed by atoms with Gasteiger partial charge in [0.05, 0.1) is 5.41 Å². The minimum atomic E-state index is -0.186. The Hall–Kier alpha value is -1.35. The van der Waals surface area contributed by atoms with Gasteiger partial charge in [0.2, 0.25) is 5.91 Å². The van der Waals surface area contributed by atoms with E-state index in [1.807, 2.05) is 4.90 Å². The van der Waals surface area contributed by atoms with Crippen LogP contribution >= 0.6 is 0 Å². The van der Waals surface area contributed by atoms with Gasteiger partial charge in [0.1, 0.15) is 0 Å². The SMILES string of the molecule is CN(C)CCCN1C(=O)C2(CCCC2)c2ccccc21. The van der Waals surface area contributed by atoms with Crippen molar-refractivity contribution >= 4 is 11.6 Å². The normalized spacial score (nSPS) is 20.1. The first-order chi connectivity index (χ1) is 9.65. The number of amides is 1. The second kappa shape index (κ2) is 5.21. The van der Waals surface area contributed by atoms with E-state index in [0.717, 1.165) is 38.0 Å². The molecule has 1 spiro atoms. The van der Waals surface area contributed by atoms with Crippen molar-refractivity contribution in [3.05, 3.63) is 29.8 Å². The number of anilines is 1. The zero-order chi connectivity index (χ0) is 14.2. The van der Waals surface area contributed by atoms with Crippen LogP contribution in [0.25, 0.3) is 0 Å². The number of hydrogen-bond acceptors (Lipinski definition) is 2. The van der Waals surface area contributed by atoms with E-state index in [4.69, 9.17) is 0 Å². The van der Waals surface area contributed by atoms with Gasteiger partial charge in [-0.05, 0) is 51.5 Å². The molecular weight excluding hydrogens is 248 g/mol. The Balaban J connectivity index is 1.87. The first-order valence-electron chi connectivity index (χ1n) is 7.71. The molecule has 3 heteroatoms. The third-order valence-electron chi connectivity index (χ3n) is 4.81. The number of rotatable bonds is 4. The molecule has 1 fully saturated rings. The molecule has 0 aromatic heterocycles. The standard InChI is InChI=1S/C17H24N2O/c1-18(2)12-7-13-19-15-9-4-3-8-14(15)17(16(19)20)10-5-6-11-17/h3-4,8-9H,5-7,10-13H2,1-2H3. The molecule has 1 saturated carbocycles. The minimum absolute atomic E-state index is 0.186. The second-order valence-corrected chi connectivity index (χ2v) is 6.42. The molecule has 3 nitrogen and oxygen atoms in total. The predicted octanol–water partition coefficient (Wildman–Crippen LogP) is 2.80. The predicted molar refractivity (Wildman–Crippen MR) is 82.1 cm³/mol. The molecule has 0 saturated heterocycles. The van der Waals surface area contributed by atoms with Crippen LogP contribution in [-0.2, 0) is 10.2 Å². The Morgan fingerprint density at radius 2 is 1.90 bits per heavy atom. The Morgan fingerprint density at radius 1 is 1.20 bits per heavy atom. The zero-order valence-corrected chi connectivity index (χ0v) is 12.6. The van der Waals surface area contributed by atoms with Crippen molar-refractivity contribution in [1.82, 2.24) is 4.90 Å². The average Bonchev–Trinajstić information content (AvgIpc) is 3.00. The summed E-state index contributed by atoms with van der Waals surface area (Å²) >= 11 is 0. The summed E-state index contributed by atoms with van der Waals surface area (Å²) in [7, 11) is 4.16. The fraction of sp³-hybridized carbons (Fsp3) is 0.588. The molecule has 1 aliphatic heterocycles. The van der Waals surface area contributed by atoms with Gasteiger partial charge >= 0.3 is 0 Å². The van der Waals surface area contributed by atoms with Crippen LogP contribution in [0, 0.1) is 0 Å². The maximum atomic E-state index is 13.0. The van der Waals surface area contributed by atoms with Crippen LogP contribution in [0.15, 0.2) is 24.3 Å². The van der Waals surface area contributed by atoms with Gasteiger partial charge < -0.3 is 9.80 Å². The molecule has 2 aliphatic rings. The highest BCUT2D eigenvalue weighted by molar-refractivity contribution is 6.08. The van der Waals surface area contributed by atoms with Crippen molar-refractivity contribution < 1.29 is 4.79 Å². The van der Waals surface area contributed by atoms with Crippen molar-refractivity contribution in [2.75, 3.05) is 32.1 Å². The number of benzene rings is 1. The van der Waals surface area contributed by atoms with Gasteiger partial charge in [0, 0.05) is 12.2 Å². The van der Waals surface area contributed by atoms with Gasteiger partial charge in [0.15, 0.2) is 0 Å². The fourth-order valence-electron chi connectivity index (χ4n) is 3.83. The van der Waals surface area contributed by atoms with Crippen LogP contribution in [-0.4, -0.2) is 38.0 Å². The Labute approximate surface area is 121 Å². The largest absolute Gasteiger partial charge is 0.311 e. The smallest absolute Gasteiger partial charge is 0.237 e. The van der Waals surface area contributed by atoms with E-state index in [9.17, 15) is 4.79 Å². The van der Waals surface area contributed by atoms with Gasteiger partial charge in [-0.15, -0.1) is 0 Å². The van der Waals surface area contributed by atoms with E-state index in [1.165, 1.54) is 18.4 Å². The van der Waals surface area contributed by atoms with Crippen LogP contribution in [0.3, 0.4) is 0 Å². The lowest BCUT2D eigenvalue weighted by Gasteiger charge is -2.24. The first-order valence-corrected chi connectivity index (χ1v) is 7.71. The molecule has 3 rings (SSSR count). The maximum absolute atomic E-state index is 13.0. The number of para-hydroxylation sites is 1. The van der Waals surface area contributed by atoms with E-state index in [0.29, 0.717) is 5.91 Å². The number of hydrogen-bond donors (Lipinski definition) is 0. The lowest BCUT2D eigenvalue weighted by Crippen LogP contribution is -2.39. The summed E-state index contributed by atoms with van der Waals surface area (Å²) in [6.45, 7) is 1.87. The van der Waals surface area contributed by atoms with Gasteiger partial charge in [0.25, 0.3) is 0 Å². The summed E-state index contributed by atoms with van der Waals surface area (Å²) in [6.07, 6.45) is 5.47. The molecule has 20 heavy (non-hydrogen) atoms. The average molecular weight is 272 g/mol. The topological polar surface area (TPSA) is 23.6 Å². The minimum Gasteiger partial charge on any atom is -0.311 e. The van der Waals surface area contributed by atoms with Crippen molar-refractivity contribution in [2.24, 2.45) is 0 Å². The number of carbonyl (C=O) groups is 1. The molecule has 0 bridgehead atoms. The fourth-order valence-corrected chi connectivity index (χ4v) is 3.83. The third-order valence-corrected chi connectivity index (χ3v) is 4.81. The Bertz CT molecular complexity index is 503. The highest BCUT2D eigenvalue weighted by Gasteiger charge is 2.51. The van der Waals surface area contributed by atoms with E-state index >= 15 is 0 Å². The summed E-state index contributed by atoms with van der Waals surface area (Å²) in [5.74, 6) is 0.356.